The first-order valence-electron chi connectivity index (χ1n) is 11.2. The Morgan fingerprint density at radius 1 is 1.09 bits per heavy atom. The molecule has 2 aliphatic rings. The Morgan fingerprint density at radius 3 is 2.26 bits per heavy atom. The highest BCUT2D eigenvalue weighted by atomic mass is 32.2. The van der Waals surface area contributed by atoms with Crippen molar-refractivity contribution in [2.45, 2.75) is 26.7 Å². The van der Waals surface area contributed by atoms with Crippen molar-refractivity contribution < 1.29 is 18.0 Å². The lowest BCUT2D eigenvalue weighted by atomic mass is 10.0. The van der Waals surface area contributed by atoms with Gasteiger partial charge in [-0.1, -0.05) is 12.1 Å². The molecular weight excluding hydrogens is 456 g/mol. The van der Waals surface area contributed by atoms with Crippen LogP contribution in [0.5, 0.6) is 0 Å². The second-order valence-electron chi connectivity index (χ2n) is 9.24. The molecule has 0 saturated carbocycles. The fourth-order valence-corrected chi connectivity index (χ4v) is 5.36. The fourth-order valence-electron chi connectivity index (χ4n) is 4.94. The number of carbonyl (C=O) groups is 2. The van der Waals surface area contributed by atoms with Gasteiger partial charge in [0.25, 0.3) is 5.91 Å². The summed E-state index contributed by atoms with van der Waals surface area (Å²) in [5.41, 5.74) is 8.83. The Hall–Kier alpha value is -3.21. The van der Waals surface area contributed by atoms with Crippen molar-refractivity contribution in [1.82, 2.24) is 14.9 Å². The van der Waals surface area contributed by atoms with E-state index in [2.05, 4.69) is 31.7 Å². The summed E-state index contributed by atoms with van der Waals surface area (Å²) in [4.78, 5) is 37.0. The molecule has 0 spiro atoms. The second kappa shape index (κ2) is 9.21. The van der Waals surface area contributed by atoms with E-state index in [1.165, 1.54) is 0 Å². The number of benzene rings is 1. The van der Waals surface area contributed by atoms with E-state index in [1.807, 2.05) is 17.0 Å². The predicted octanol–water partition coefficient (Wildman–Crippen LogP) is 1.09. The third kappa shape index (κ3) is 5.30. The normalized spacial score (nSPS) is 19.9. The van der Waals surface area contributed by atoms with Crippen molar-refractivity contribution in [3.63, 3.8) is 0 Å². The monoisotopic (exact) mass is 486 g/mol. The maximum atomic E-state index is 13.3. The van der Waals surface area contributed by atoms with Crippen LogP contribution in [-0.2, 0) is 21.2 Å². The van der Waals surface area contributed by atoms with Gasteiger partial charge in [0.05, 0.1) is 23.2 Å². The van der Waals surface area contributed by atoms with E-state index in [-0.39, 0.29) is 17.8 Å². The van der Waals surface area contributed by atoms with Crippen molar-refractivity contribution in [3.05, 3.63) is 46.8 Å². The van der Waals surface area contributed by atoms with E-state index in [4.69, 9.17) is 5.73 Å². The highest BCUT2D eigenvalue weighted by molar-refractivity contribution is 7.91. The van der Waals surface area contributed by atoms with E-state index in [9.17, 15) is 18.0 Å². The van der Waals surface area contributed by atoms with Gasteiger partial charge in [0.2, 0.25) is 21.9 Å². The number of aryl methyl sites for hydroxylation is 3. The number of likely N-dealkylation sites (tertiary alicyclic amines) is 1. The first kappa shape index (κ1) is 23.9. The predicted molar refractivity (Wildman–Crippen MR) is 129 cm³/mol. The van der Waals surface area contributed by atoms with Crippen LogP contribution in [0.2, 0.25) is 0 Å². The zero-order valence-corrected chi connectivity index (χ0v) is 20.4. The van der Waals surface area contributed by atoms with Crippen molar-refractivity contribution in [2.24, 2.45) is 17.6 Å². The quantitative estimate of drug-likeness (QED) is 0.597. The molecule has 34 heavy (non-hydrogen) atoms. The second-order valence-corrected chi connectivity index (χ2v) is 11.0. The van der Waals surface area contributed by atoms with Gasteiger partial charge in [-0.05, 0) is 38.0 Å². The number of hydrogen-bond donors (Lipinski definition) is 2. The Bertz CT molecular complexity index is 1190. The van der Waals surface area contributed by atoms with E-state index in [0.29, 0.717) is 54.7 Å². The summed E-state index contributed by atoms with van der Waals surface area (Å²) in [7, 11) is -3.50. The smallest absolute Gasteiger partial charge is 0.257 e. The van der Waals surface area contributed by atoms with Crippen LogP contribution in [0.1, 0.15) is 33.7 Å². The molecule has 10 nitrogen and oxygen atoms in total. The molecule has 2 unspecified atom stereocenters. The summed E-state index contributed by atoms with van der Waals surface area (Å²) < 4.78 is 25.2. The number of carbonyl (C=O) groups excluding carboxylic acids is 2. The molecule has 1 aromatic carbocycles. The molecule has 2 fully saturated rings. The van der Waals surface area contributed by atoms with Gasteiger partial charge < -0.3 is 15.5 Å². The van der Waals surface area contributed by atoms with Gasteiger partial charge >= 0.3 is 0 Å². The number of aromatic nitrogens is 2. The number of nitrogens with two attached hydrogens (primary N) is 1. The molecule has 4 rings (SSSR count). The van der Waals surface area contributed by atoms with Crippen LogP contribution in [0.25, 0.3) is 0 Å². The molecule has 2 aromatic rings. The lowest BCUT2D eigenvalue weighted by Crippen LogP contribution is -2.34. The van der Waals surface area contributed by atoms with Gasteiger partial charge in [-0.3, -0.25) is 14.3 Å². The van der Waals surface area contributed by atoms with Gasteiger partial charge in [-0.25, -0.2) is 18.4 Å². The molecule has 2 saturated heterocycles. The minimum Gasteiger partial charge on any atom is -0.371 e. The SMILES string of the molecule is Cc1nc(NS(C)(=O)=O)nc(C)c1C(=O)N1CC2CN(c3cccc(CCC(N)=O)c3)CC2C1. The average Bonchev–Trinajstić information content (AvgIpc) is 3.30. The average molecular weight is 487 g/mol. The number of hydrogen-bond acceptors (Lipinski definition) is 7. The summed E-state index contributed by atoms with van der Waals surface area (Å²) in [5, 5.41) is 0. The Kier molecular flexibility index (Phi) is 6.48. The standard InChI is InChI=1S/C23H30N6O4S/c1-14-21(15(2)26-23(25-14)27-34(3,32)33)22(31)29-12-17-10-28(11-18(17)13-29)19-6-4-5-16(9-19)7-8-20(24)30/h4-6,9,17-18H,7-8,10-13H2,1-3H3,(H2,24,30)(H,25,26,27). The van der Waals surface area contributed by atoms with Crippen molar-refractivity contribution in [1.29, 1.82) is 0 Å². The lowest BCUT2D eigenvalue weighted by Gasteiger charge is -2.24. The molecule has 0 bridgehead atoms. The first-order chi connectivity index (χ1) is 16.0. The number of nitrogens with one attached hydrogen (secondary N) is 1. The zero-order valence-electron chi connectivity index (χ0n) is 19.6. The van der Waals surface area contributed by atoms with Crippen LogP contribution in [0, 0.1) is 25.7 Å². The molecule has 1 aromatic heterocycles. The van der Waals surface area contributed by atoms with Gasteiger partial charge in [0, 0.05) is 50.1 Å². The molecule has 3 N–H and O–H groups in total. The molecule has 0 radical (unpaired) electrons. The Morgan fingerprint density at radius 2 is 1.71 bits per heavy atom. The highest BCUT2D eigenvalue weighted by Crippen LogP contribution is 2.35. The number of amides is 2. The summed E-state index contributed by atoms with van der Waals surface area (Å²) in [6.45, 7) is 6.42. The number of nitrogens with zero attached hydrogens (tertiary/aromatic N) is 4. The van der Waals surface area contributed by atoms with Crippen LogP contribution in [-0.4, -0.2) is 67.5 Å². The largest absolute Gasteiger partial charge is 0.371 e. The van der Waals surface area contributed by atoms with Gasteiger partial charge in [-0.15, -0.1) is 0 Å². The van der Waals surface area contributed by atoms with E-state index >= 15 is 0 Å². The molecule has 2 amide bonds. The van der Waals surface area contributed by atoms with Crippen LogP contribution in [0.4, 0.5) is 11.6 Å². The molecular formula is C23H30N6O4S. The van der Waals surface area contributed by atoms with Crippen LogP contribution in [0.3, 0.4) is 0 Å². The summed E-state index contributed by atoms with van der Waals surface area (Å²) in [5.74, 6) is 0.288. The molecule has 2 aliphatic heterocycles. The van der Waals surface area contributed by atoms with Gasteiger partial charge in [0.15, 0.2) is 0 Å². The maximum Gasteiger partial charge on any atom is 0.257 e. The molecule has 0 aliphatic carbocycles. The minimum atomic E-state index is -3.50. The molecule has 2 atom stereocenters. The lowest BCUT2D eigenvalue weighted by molar-refractivity contribution is -0.118. The molecule has 3 heterocycles. The highest BCUT2D eigenvalue weighted by Gasteiger charge is 2.42. The summed E-state index contributed by atoms with van der Waals surface area (Å²) in [6.07, 6.45) is 1.99. The van der Waals surface area contributed by atoms with Crippen molar-refractivity contribution >= 4 is 33.5 Å². The van der Waals surface area contributed by atoms with E-state index in [0.717, 1.165) is 30.6 Å². The van der Waals surface area contributed by atoms with Crippen molar-refractivity contribution in [3.8, 4) is 0 Å². The molecule has 11 heteroatoms. The number of sulfonamides is 1. The molecule has 182 valence electrons. The van der Waals surface area contributed by atoms with Crippen molar-refractivity contribution in [2.75, 3.05) is 42.1 Å². The third-order valence-corrected chi connectivity index (χ3v) is 7.02. The van der Waals surface area contributed by atoms with E-state index in [1.54, 1.807) is 13.8 Å². The number of anilines is 2. The van der Waals surface area contributed by atoms with Crippen LogP contribution >= 0.6 is 0 Å². The van der Waals surface area contributed by atoms with Gasteiger partial charge in [0.1, 0.15) is 0 Å². The topological polar surface area (TPSA) is 139 Å². The Labute approximate surface area is 199 Å². The maximum absolute atomic E-state index is 13.3. The fraction of sp³-hybridized carbons (Fsp3) is 0.478. The Balaban J connectivity index is 1.42. The first-order valence-corrected chi connectivity index (χ1v) is 13.1. The number of rotatable bonds is 7. The zero-order chi connectivity index (χ0) is 24.6. The van der Waals surface area contributed by atoms with Crippen LogP contribution < -0.4 is 15.4 Å². The summed E-state index contributed by atoms with van der Waals surface area (Å²) in [6, 6.07) is 8.20. The number of fused-ring (bicyclic) bond motifs is 1. The summed E-state index contributed by atoms with van der Waals surface area (Å²) >= 11 is 0. The third-order valence-electron chi connectivity index (χ3n) is 6.47. The number of primary amides is 1. The van der Waals surface area contributed by atoms with Gasteiger partial charge in [-0.2, -0.15) is 0 Å². The van der Waals surface area contributed by atoms with E-state index < -0.39 is 10.0 Å². The minimum absolute atomic E-state index is 0.0268. The van der Waals surface area contributed by atoms with Crippen LogP contribution in [0.15, 0.2) is 24.3 Å².